The van der Waals surface area contributed by atoms with Crippen molar-refractivity contribution in [2.24, 2.45) is 0 Å². The standard InChI is InChI=1S/C20H11ClN4O4/c21-14-6-7-18-17(10-14)19(12-4-2-1-3-5-12)23-20(22-18)13-8-15(24(26)27)11-16(9-13)25(28)29/h1-11H. The summed E-state index contributed by atoms with van der Waals surface area (Å²) in [7, 11) is 0. The molecule has 0 unspecified atom stereocenters. The van der Waals surface area contributed by atoms with Crippen LogP contribution in [0.1, 0.15) is 0 Å². The van der Waals surface area contributed by atoms with E-state index in [-0.39, 0.29) is 11.4 Å². The Bertz CT molecular complexity index is 1250. The van der Waals surface area contributed by atoms with Gasteiger partial charge in [0.25, 0.3) is 11.4 Å². The van der Waals surface area contributed by atoms with Gasteiger partial charge in [0.2, 0.25) is 0 Å². The minimum Gasteiger partial charge on any atom is -0.258 e. The van der Waals surface area contributed by atoms with E-state index < -0.39 is 21.2 Å². The van der Waals surface area contributed by atoms with E-state index in [1.165, 1.54) is 12.1 Å². The third kappa shape index (κ3) is 3.61. The highest BCUT2D eigenvalue weighted by atomic mass is 35.5. The third-order valence-electron chi connectivity index (χ3n) is 4.29. The van der Waals surface area contributed by atoms with Crippen LogP contribution in [0.15, 0.2) is 66.7 Å². The number of halogens is 1. The van der Waals surface area contributed by atoms with E-state index in [1.807, 2.05) is 30.3 Å². The topological polar surface area (TPSA) is 112 Å². The first-order chi connectivity index (χ1) is 13.9. The van der Waals surface area contributed by atoms with Gasteiger partial charge in [-0.2, -0.15) is 0 Å². The summed E-state index contributed by atoms with van der Waals surface area (Å²) in [6, 6.07) is 17.8. The number of rotatable bonds is 4. The lowest BCUT2D eigenvalue weighted by Gasteiger charge is -2.10. The normalized spacial score (nSPS) is 10.8. The average Bonchev–Trinajstić information content (AvgIpc) is 2.73. The lowest BCUT2D eigenvalue weighted by atomic mass is 10.1. The van der Waals surface area contributed by atoms with Gasteiger partial charge in [-0.15, -0.1) is 0 Å². The summed E-state index contributed by atoms with van der Waals surface area (Å²) in [5.41, 5.74) is 1.29. The molecule has 142 valence electrons. The Hall–Kier alpha value is -3.91. The van der Waals surface area contributed by atoms with Crippen molar-refractivity contribution >= 4 is 33.9 Å². The third-order valence-corrected chi connectivity index (χ3v) is 4.52. The average molecular weight is 407 g/mol. The van der Waals surface area contributed by atoms with Gasteiger partial charge in [0.05, 0.1) is 27.1 Å². The Balaban J connectivity index is 2.02. The van der Waals surface area contributed by atoms with Crippen LogP contribution in [0, 0.1) is 20.2 Å². The molecule has 3 aromatic carbocycles. The molecule has 0 saturated carbocycles. The quantitative estimate of drug-likeness (QED) is 0.329. The number of hydrogen-bond donors (Lipinski definition) is 0. The van der Waals surface area contributed by atoms with Crippen molar-refractivity contribution in [3.05, 3.63) is 92.0 Å². The van der Waals surface area contributed by atoms with Crippen molar-refractivity contribution in [3.63, 3.8) is 0 Å². The van der Waals surface area contributed by atoms with Gasteiger partial charge in [-0.1, -0.05) is 41.9 Å². The Morgan fingerprint density at radius 2 is 1.41 bits per heavy atom. The molecule has 1 heterocycles. The van der Waals surface area contributed by atoms with Gasteiger partial charge < -0.3 is 0 Å². The molecular formula is C20H11ClN4O4. The molecule has 0 amide bonds. The number of non-ortho nitro benzene ring substituents is 2. The highest BCUT2D eigenvalue weighted by Crippen LogP contribution is 2.33. The predicted molar refractivity (Wildman–Crippen MR) is 109 cm³/mol. The molecule has 8 nitrogen and oxygen atoms in total. The minimum atomic E-state index is -0.685. The second-order valence-corrected chi connectivity index (χ2v) is 6.61. The number of hydrogen-bond acceptors (Lipinski definition) is 6. The first-order valence-corrected chi connectivity index (χ1v) is 8.77. The Morgan fingerprint density at radius 3 is 2.03 bits per heavy atom. The minimum absolute atomic E-state index is 0.144. The zero-order valence-corrected chi connectivity index (χ0v) is 15.4. The Labute approximate surface area is 168 Å². The fourth-order valence-corrected chi connectivity index (χ4v) is 3.15. The highest BCUT2D eigenvalue weighted by Gasteiger charge is 2.20. The van der Waals surface area contributed by atoms with Crippen LogP contribution < -0.4 is 0 Å². The summed E-state index contributed by atoms with van der Waals surface area (Å²) >= 11 is 6.14. The molecule has 0 aliphatic carbocycles. The zero-order valence-electron chi connectivity index (χ0n) is 14.7. The fourth-order valence-electron chi connectivity index (χ4n) is 2.98. The van der Waals surface area contributed by atoms with E-state index in [0.29, 0.717) is 21.6 Å². The van der Waals surface area contributed by atoms with Crippen molar-refractivity contribution < 1.29 is 9.85 Å². The van der Waals surface area contributed by atoms with Gasteiger partial charge in [0.15, 0.2) is 5.82 Å². The molecule has 0 aliphatic heterocycles. The molecule has 29 heavy (non-hydrogen) atoms. The number of benzene rings is 3. The molecule has 0 N–H and O–H groups in total. The summed E-state index contributed by atoms with van der Waals surface area (Å²) < 4.78 is 0. The maximum atomic E-state index is 11.2. The van der Waals surface area contributed by atoms with Gasteiger partial charge in [-0.3, -0.25) is 20.2 Å². The van der Waals surface area contributed by atoms with Gasteiger partial charge in [0, 0.05) is 33.7 Å². The van der Waals surface area contributed by atoms with E-state index in [1.54, 1.807) is 18.2 Å². The maximum Gasteiger partial charge on any atom is 0.277 e. The summed E-state index contributed by atoms with van der Waals surface area (Å²) in [6.07, 6.45) is 0. The number of aromatic nitrogens is 2. The van der Waals surface area contributed by atoms with Gasteiger partial charge in [0.1, 0.15) is 0 Å². The van der Waals surface area contributed by atoms with Crippen LogP contribution >= 0.6 is 11.6 Å². The Morgan fingerprint density at radius 1 is 0.759 bits per heavy atom. The van der Waals surface area contributed by atoms with Crippen LogP contribution in [0.4, 0.5) is 11.4 Å². The lowest BCUT2D eigenvalue weighted by Crippen LogP contribution is -1.98. The molecule has 4 rings (SSSR count). The smallest absolute Gasteiger partial charge is 0.258 e. The summed E-state index contributed by atoms with van der Waals surface area (Å²) in [5.74, 6) is 0.144. The molecule has 0 radical (unpaired) electrons. The van der Waals surface area contributed by atoms with Crippen LogP contribution in [0.2, 0.25) is 5.02 Å². The van der Waals surface area contributed by atoms with Crippen molar-refractivity contribution in [2.75, 3.05) is 0 Å². The molecule has 9 heteroatoms. The molecule has 1 aromatic heterocycles. The number of nitro groups is 2. The van der Waals surface area contributed by atoms with Crippen LogP contribution in [0.25, 0.3) is 33.5 Å². The van der Waals surface area contributed by atoms with Crippen LogP contribution in [-0.4, -0.2) is 19.8 Å². The first kappa shape index (κ1) is 18.5. The van der Waals surface area contributed by atoms with Crippen molar-refractivity contribution in [1.29, 1.82) is 0 Å². The largest absolute Gasteiger partial charge is 0.277 e. The summed E-state index contributed by atoms with van der Waals surface area (Å²) in [5, 5.41) is 23.7. The zero-order chi connectivity index (χ0) is 20.5. The fraction of sp³-hybridized carbons (Fsp3) is 0. The van der Waals surface area contributed by atoms with Gasteiger partial charge >= 0.3 is 0 Å². The van der Waals surface area contributed by atoms with Crippen molar-refractivity contribution in [2.45, 2.75) is 0 Å². The monoisotopic (exact) mass is 406 g/mol. The SMILES string of the molecule is O=[N+]([O-])c1cc(-c2nc(-c3ccccc3)c3cc(Cl)ccc3n2)cc([N+](=O)[O-])c1. The van der Waals surface area contributed by atoms with Crippen LogP contribution in [-0.2, 0) is 0 Å². The second kappa shape index (κ2) is 7.25. The van der Waals surface area contributed by atoms with Crippen molar-refractivity contribution in [1.82, 2.24) is 9.97 Å². The van der Waals surface area contributed by atoms with E-state index in [2.05, 4.69) is 9.97 Å². The molecule has 0 spiro atoms. The number of fused-ring (bicyclic) bond motifs is 1. The number of nitrogens with zero attached hydrogens (tertiary/aromatic N) is 4. The molecule has 0 bridgehead atoms. The summed E-state index contributed by atoms with van der Waals surface area (Å²) in [6.45, 7) is 0. The van der Waals surface area contributed by atoms with Gasteiger partial charge in [-0.05, 0) is 18.2 Å². The molecular weight excluding hydrogens is 396 g/mol. The lowest BCUT2D eigenvalue weighted by molar-refractivity contribution is -0.394. The molecule has 4 aromatic rings. The molecule has 0 saturated heterocycles. The van der Waals surface area contributed by atoms with E-state index in [0.717, 1.165) is 11.6 Å². The highest BCUT2D eigenvalue weighted by molar-refractivity contribution is 6.31. The first-order valence-electron chi connectivity index (χ1n) is 8.39. The maximum absolute atomic E-state index is 11.2. The van der Waals surface area contributed by atoms with Gasteiger partial charge in [-0.25, -0.2) is 9.97 Å². The van der Waals surface area contributed by atoms with Crippen LogP contribution in [0.3, 0.4) is 0 Å². The van der Waals surface area contributed by atoms with E-state index in [9.17, 15) is 20.2 Å². The van der Waals surface area contributed by atoms with Crippen LogP contribution in [0.5, 0.6) is 0 Å². The molecule has 0 fully saturated rings. The van der Waals surface area contributed by atoms with E-state index in [4.69, 9.17) is 11.6 Å². The Kier molecular flexibility index (Phi) is 4.61. The second-order valence-electron chi connectivity index (χ2n) is 6.18. The van der Waals surface area contributed by atoms with E-state index >= 15 is 0 Å². The predicted octanol–water partition coefficient (Wildman–Crippen LogP) is 5.43. The molecule has 0 atom stereocenters. The van der Waals surface area contributed by atoms with Crippen molar-refractivity contribution in [3.8, 4) is 22.6 Å². The number of nitro benzene ring substituents is 2. The molecule has 0 aliphatic rings. The summed E-state index contributed by atoms with van der Waals surface area (Å²) in [4.78, 5) is 30.1.